The van der Waals surface area contributed by atoms with Crippen molar-refractivity contribution in [2.75, 3.05) is 168 Å². The third-order valence-electron chi connectivity index (χ3n) is 13.8. The van der Waals surface area contributed by atoms with Crippen LogP contribution >= 0.6 is 11.3 Å². The van der Waals surface area contributed by atoms with Gasteiger partial charge in [-0.15, -0.1) is 11.3 Å². The molecule has 0 amide bonds. The molecule has 41 heteroatoms. The molecule has 0 bridgehead atoms. The number of aromatic nitrogens is 1. The molecule has 2 aromatic rings. The van der Waals surface area contributed by atoms with Gasteiger partial charge in [0.25, 0.3) is 17.9 Å². The molecule has 40 nitrogen and oxygen atoms in total. The number of furan rings is 1. The van der Waals surface area contributed by atoms with Gasteiger partial charge in [0, 0.05) is 137 Å². The molecule has 2 aromatic heterocycles. The Bertz CT molecular complexity index is 3950. The summed E-state index contributed by atoms with van der Waals surface area (Å²) < 4.78 is 27.2. The molecule has 0 aromatic carbocycles. The Morgan fingerprint density at radius 2 is 1.08 bits per heavy atom. The Kier molecular flexibility index (Phi) is 80.0. The van der Waals surface area contributed by atoms with Gasteiger partial charge in [-0.1, -0.05) is 121 Å². The molecule has 124 heavy (non-hydrogen) atoms. The van der Waals surface area contributed by atoms with Gasteiger partial charge >= 0.3 is 0 Å². The number of hydrogen-bond donors (Lipinski definition) is 13. The molecule has 686 valence electrons. The van der Waals surface area contributed by atoms with Gasteiger partial charge in [0.2, 0.25) is 29.8 Å². The average Bonchev–Trinajstić information content (AvgIpc) is 1.84. The quantitative estimate of drug-likeness (QED) is 0.00634. The first kappa shape index (κ1) is 120. The Hall–Kier alpha value is -12.6. The van der Waals surface area contributed by atoms with Crippen LogP contribution in [0.2, 0.25) is 0 Å². The number of aliphatic hydroxyl groups is 1. The van der Waals surface area contributed by atoms with Crippen LogP contribution in [0.15, 0.2) is 61.9 Å². The number of aliphatic imine (C=N–C) groups is 8. The molecular weight excluding hydrogens is 1600 g/mol. The Labute approximate surface area is 744 Å². The first-order valence-electron chi connectivity index (χ1n) is 40.4. The summed E-state index contributed by atoms with van der Waals surface area (Å²) in [7, 11) is 14.9. The molecule has 0 atom stereocenters. The number of likely N-dealkylation sites (N-methyl/N-ethyl adjacent to an activating group) is 2. The van der Waals surface area contributed by atoms with Crippen molar-refractivity contribution in [3.63, 3.8) is 0 Å². The molecule has 3 heterocycles. The molecule has 0 saturated carbocycles. The van der Waals surface area contributed by atoms with Crippen LogP contribution in [-0.2, 0) is 32.0 Å². The lowest BCUT2D eigenvalue weighted by Crippen LogP contribution is -2.46. The lowest BCUT2D eigenvalue weighted by Gasteiger charge is -2.28. The van der Waals surface area contributed by atoms with Gasteiger partial charge in [-0.05, 0) is 93.0 Å². The van der Waals surface area contributed by atoms with E-state index in [4.69, 9.17) is 86.0 Å². The molecule has 1 aliphatic rings. The Morgan fingerprint density at radius 3 is 1.54 bits per heavy atom. The monoisotopic (exact) mass is 1740 g/mol. The van der Waals surface area contributed by atoms with Crippen LogP contribution in [0, 0.1) is 130 Å². The number of nitrogens with one attached hydrogen (secondary N) is 10. The standard InChI is InChI=1S/C14H20N4O2.C13H27N5O.C10H20N4O.C10H16N4O.C10H16N4.C9H13N5S.C9H18N4O.C8H12N4/c1-11(2)13-4-3-12(20-13)9-16-14(17-10-15)18-5-7-19-8-6-18;1-12(2)19-10-6-7-15-13(16-11-14)18(5)9-8-17(3)4;1-9(2)15-7-5-6-12-10(13-8-11)14(3)4;1-9(2)5-4-6-12-10(14-11-3)13-7-8-15;1-9(2)7-6-8-12-10(13-11-3)14(4)5;1-6(2)7-4-15-8(14-7)3-12-9(11)13-5-10;1-8(2)14-6-4-5-12-9(11-3)13-7-10;1-7(2)5-4-6-11-8(9)12-10-3/h3-4,11H,5-9H2,1-2H3,(H,16,17);12H,6-10H2,1-5H3,(H,15,16);9H,5-7H2,1-4H3,(H,12,13);9,15H,6-8H2,1-2H3,(H2,12,13,14);9H,8H2,1-2,4-5H3,(H,12,13);4,6H,3H2,1-2H3,(H3,11,12,13);8H,4-6H2,1-3H3,(H2,11,12,13);7H,6H2,1-2H3,(H3,9,11,12). The van der Waals surface area contributed by atoms with Crippen molar-refractivity contribution in [1.29, 1.82) is 26.3 Å². The van der Waals surface area contributed by atoms with Crippen molar-refractivity contribution in [3.05, 3.63) is 74.3 Å². The first-order chi connectivity index (χ1) is 59.0. The van der Waals surface area contributed by atoms with Gasteiger partial charge in [-0.25, -0.2) is 29.9 Å². The van der Waals surface area contributed by atoms with E-state index >= 15 is 0 Å². The molecule has 1 aliphatic heterocycles. The van der Waals surface area contributed by atoms with Gasteiger partial charge in [0.15, 0.2) is 31.0 Å². The average molecular weight is 1740 g/mol. The maximum absolute atomic E-state index is 8.82. The summed E-state index contributed by atoms with van der Waals surface area (Å²) in [4.78, 5) is 55.5. The van der Waals surface area contributed by atoms with Crippen LogP contribution in [0.5, 0.6) is 0 Å². The number of morpholine rings is 1. The summed E-state index contributed by atoms with van der Waals surface area (Å²) in [6, 6.07) is 3.91. The third kappa shape index (κ3) is 79.2. The van der Waals surface area contributed by atoms with Gasteiger partial charge in [-0.2, -0.15) is 60.9 Å². The maximum Gasteiger partial charge on any atom is 0.265 e. The number of guanidine groups is 8. The number of thiazole rings is 1. The molecule has 1 saturated heterocycles. The summed E-state index contributed by atoms with van der Waals surface area (Å²) in [5.41, 5.74) is 18.7. The van der Waals surface area contributed by atoms with E-state index in [-0.39, 0.29) is 43.4 Å². The number of nitrogens with zero attached hydrogens (tertiary/aromatic N) is 22. The number of nitrogens with two attached hydrogens (primary N) is 2. The van der Waals surface area contributed by atoms with Crippen LogP contribution in [0.1, 0.15) is 164 Å². The van der Waals surface area contributed by atoms with Crippen LogP contribution in [-0.4, -0.2) is 269 Å². The van der Waals surface area contributed by atoms with Crippen LogP contribution in [0.3, 0.4) is 0 Å². The van der Waals surface area contributed by atoms with Crippen LogP contribution in [0.25, 0.3) is 14.9 Å². The van der Waals surface area contributed by atoms with E-state index in [1.165, 1.54) is 0 Å². The molecule has 0 spiro atoms. The lowest BCUT2D eigenvalue weighted by molar-refractivity contribution is 0.0668. The SMILES string of the molecule is CC(C)OCCCN=C(NC#N)N(C)C.CC(C)OCCCN=C(NC#N)N(C)CCN(C)C.CC(C)c1ccc(CN=C(NC#N)N2CCOCC2)o1.CC(C)c1csc(CN=C(N)NC#N)n1.CN=C(NC#N)NCCCOC(C)C.[C-]#[N+]NC(=NCC#CC(C)C)N(C)C.[C-]#[N+]NC(=NCCO)NCC#CC(C)C.[C-]#[N+]NC(N)=NCC#CC(C)C. The normalized spacial score (nSPS) is 11.8. The summed E-state index contributed by atoms with van der Waals surface area (Å²) in [5, 5.41) is 72.4. The number of rotatable bonds is 29. The molecule has 0 unspecified atom stereocenters. The predicted octanol–water partition coefficient (Wildman–Crippen LogP) is 6.15. The van der Waals surface area contributed by atoms with Crippen molar-refractivity contribution in [1.82, 2.24) is 83.0 Å². The summed E-state index contributed by atoms with van der Waals surface area (Å²) in [6.45, 7) is 63.1. The minimum atomic E-state index is -0.0392. The fourth-order valence-corrected chi connectivity index (χ4v) is 8.74. The number of nitriles is 5. The first-order valence-corrected chi connectivity index (χ1v) is 41.3. The second kappa shape index (κ2) is 82.7. The minimum Gasteiger partial charge on any atom is -0.464 e. The smallest absolute Gasteiger partial charge is 0.265 e. The van der Waals surface area contributed by atoms with Gasteiger partial charge < -0.3 is 75.1 Å². The zero-order valence-corrected chi connectivity index (χ0v) is 78.6. The van der Waals surface area contributed by atoms with E-state index in [9.17, 15) is 0 Å². The summed E-state index contributed by atoms with van der Waals surface area (Å²) in [5.74, 6) is 24.5. The fraction of sp³-hybridized carbons (Fsp3) is 0.651. The zero-order chi connectivity index (χ0) is 94.7. The van der Waals surface area contributed by atoms with Gasteiger partial charge in [0.1, 0.15) is 36.2 Å². The molecule has 1 fully saturated rings. The topological polar surface area (TPSA) is 503 Å². The minimum absolute atomic E-state index is 0.0392. The maximum atomic E-state index is 8.82. The number of ether oxygens (including phenoxy) is 4. The summed E-state index contributed by atoms with van der Waals surface area (Å²) in [6.07, 6.45) is 12.6. The van der Waals surface area contributed by atoms with E-state index in [0.29, 0.717) is 144 Å². The van der Waals surface area contributed by atoms with E-state index in [0.717, 1.165) is 74.2 Å². The molecule has 15 N–H and O–H groups in total. The lowest BCUT2D eigenvalue weighted by atomic mass is 10.2. The van der Waals surface area contributed by atoms with Crippen molar-refractivity contribution < 1.29 is 28.5 Å². The fourth-order valence-electron chi connectivity index (χ4n) is 7.86. The second-order valence-corrected chi connectivity index (χ2v) is 29.3. The molecule has 0 radical (unpaired) electrons. The molecule has 3 rings (SSSR count). The van der Waals surface area contributed by atoms with Crippen molar-refractivity contribution >= 4 is 59.0 Å². The largest absolute Gasteiger partial charge is 0.464 e. The van der Waals surface area contributed by atoms with E-state index in [2.05, 4.69) is 181 Å². The van der Waals surface area contributed by atoms with E-state index in [1.807, 2.05) is 178 Å². The van der Waals surface area contributed by atoms with Crippen LogP contribution < -0.4 is 65.0 Å². The number of hydrogen-bond acceptors (Lipinski definition) is 22. The summed E-state index contributed by atoms with van der Waals surface area (Å²) >= 11 is 1.55. The highest BCUT2D eigenvalue weighted by molar-refractivity contribution is 7.09. The Balaban J connectivity index is -0.000000437. The predicted molar refractivity (Wildman–Crippen MR) is 496 cm³/mol. The second-order valence-electron chi connectivity index (χ2n) is 28.4. The van der Waals surface area contributed by atoms with Gasteiger partial charge in [-0.3, -0.25) is 41.6 Å². The van der Waals surface area contributed by atoms with Crippen molar-refractivity contribution in [2.24, 2.45) is 69.2 Å². The third-order valence-corrected chi connectivity index (χ3v) is 14.6. The van der Waals surface area contributed by atoms with Crippen molar-refractivity contribution in [3.8, 4) is 66.5 Å². The van der Waals surface area contributed by atoms with E-state index in [1.54, 1.807) is 40.6 Å². The van der Waals surface area contributed by atoms with Crippen molar-refractivity contribution in [2.45, 2.75) is 173 Å². The van der Waals surface area contributed by atoms with Crippen LogP contribution in [0.4, 0.5) is 0 Å². The Morgan fingerprint density at radius 1 is 0.565 bits per heavy atom. The van der Waals surface area contributed by atoms with Gasteiger partial charge in [0.05, 0.1) is 63.5 Å². The highest BCUT2D eigenvalue weighted by Gasteiger charge is 2.16. The zero-order valence-electron chi connectivity index (χ0n) is 77.8. The number of aliphatic hydroxyl groups excluding tert-OH is 1. The molecule has 0 aliphatic carbocycles. The highest BCUT2D eigenvalue weighted by atomic mass is 32.1. The molecular formula is C83H142N34O6S. The van der Waals surface area contributed by atoms with E-state index < -0.39 is 0 Å². The highest BCUT2D eigenvalue weighted by Crippen LogP contribution is 2.19.